The molecule has 0 fully saturated rings. The molecule has 0 amide bonds. The SMILES string of the molecule is CCNC(CC)C(C)c1cnnc2ccccc12. The van der Waals surface area contributed by atoms with Crippen molar-refractivity contribution in [1.82, 2.24) is 15.5 Å². The van der Waals surface area contributed by atoms with Crippen LogP contribution in [0.5, 0.6) is 0 Å². The van der Waals surface area contributed by atoms with E-state index in [2.05, 4.69) is 48.4 Å². The van der Waals surface area contributed by atoms with E-state index in [1.165, 1.54) is 10.9 Å². The number of benzene rings is 1. The van der Waals surface area contributed by atoms with E-state index in [1.54, 1.807) is 0 Å². The van der Waals surface area contributed by atoms with Crippen LogP contribution in [0.4, 0.5) is 0 Å². The van der Waals surface area contributed by atoms with Gasteiger partial charge in [0, 0.05) is 11.4 Å². The van der Waals surface area contributed by atoms with Gasteiger partial charge in [0.05, 0.1) is 11.7 Å². The van der Waals surface area contributed by atoms with Gasteiger partial charge < -0.3 is 5.32 Å². The molecule has 96 valence electrons. The standard InChI is InChI=1S/C15H21N3/c1-4-14(16-5-2)11(3)13-10-17-18-15-9-7-6-8-12(13)15/h6-11,14,16H,4-5H2,1-3H3. The van der Waals surface area contributed by atoms with Gasteiger partial charge in [0.15, 0.2) is 0 Å². The highest BCUT2D eigenvalue weighted by atomic mass is 15.1. The lowest BCUT2D eigenvalue weighted by Gasteiger charge is -2.24. The van der Waals surface area contributed by atoms with Crippen LogP contribution in [0.3, 0.4) is 0 Å². The summed E-state index contributed by atoms with van der Waals surface area (Å²) in [6.45, 7) is 7.64. The molecule has 1 aromatic heterocycles. The van der Waals surface area contributed by atoms with Crippen molar-refractivity contribution in [3.8, 4) is 0 Å². The number of nitrogens with zero attached hydrogens (tertiary/aromatic N) is 2. The molecule has 0 spiro atoms. The Kier molecular flexibility index (Phi) is 4.26. The van der Waals surface area contributed by atoms with Gasteiger partial charge in [-0.2, -0.15) is 10.2 Å². The van der Waals surface area contributed by atoms with Gasteiger partial charge in [-0.1, -0.05) is 39.0 Å². The lowest BCUT2D eigenvalue weighted by atomic mass is 9.90. The Balaban J connectivity index is 2.40. The second-order valence-corrected chi connectivity index (χ2v) is 4.68. The molecule has 1 aromatic carbocycles. The molecule has 2 aromatic rings. The monoisotopic (exact) mass is 243 g/mol. The molecule has 0 aliphatic rings. The van der Waals surface area contributed by atoms with Crippen LogP contribution in [-0.2, 0) is 0 Å². The van der Waals surface area contributed by atoms with Crippen molar-refractivity contribution < 1.29 is 0 Å². The van der Waals surface area contributed by atoms with Gasteiger partial charge in [0.1, 0.15) is 0 Å². The Labute approximate surface area is 109 Å². The van der Waals surface area contributed by atoms with Crippen LogP contribution in [0, 0.1) is 0 Å². The summed E-state index contributed by atoms with van der Waals surface area (Å²) in [4.78, 5) is 0. The van der Waals surface area contributed by atoms with Crippen molar-refractivity contribution in [3.63, 3.8) is 0 Å². The Morgan fingerprint density at radius 3 is 2.72 bits per heavy atom. The molecule has 2 atom stereocenters. The second kappa shape index (κ2) is 5.91. The van der Waals surface area contributed by atoms with Crippen LogP contribution < -0.4 is 5.32 Å². The summed E-state index contributed by atoms with van der Waals surface area (Å²) in [5.74, 6) is 0.440. The van der Waals surface area contributed by atoms with Crippen LogP contribution in [0.2, 0.25) is 0 Å². The first kappa shape index (κ1) is 13.0. The normalized spacial score (nSPS) is 14.6. The average molecular weight is 243 g/mol. The van der Waals surface area contributed by atoms with Gasteiger partial charge in [-0.15, -0.1) is 0 Å². The summed E-state index contributed by atoms with van der Waals surface area (Å²) >= 11 is 0. The van der Waals surface area contributed by atoms with E-state index in [1.807, 2.05) is 18.3 Å². The molecule has 2 rings (SSSR count). The Bertz CT molecular complexity index is 505. The molecule has 0 saturated carbocycles. The van der Waals surface area contributed by atoms with Crippen molar-refractivity contribution in [2.45, 2.75) is 39.2 Å². The third kappa shape index (κ3) is 2.51. The summed E-state index contributed by atoms with van der Waals surface area (Å²) in [5, 5.41) is 13.1. The number of hydrogen-bond donors (Lipinski definition) is 1. The van der Waals surface area contributed by atoms with E-state index in [0.717, 1.165) is 18.5 Å². The van der Waals surface area contributed by atoms with Crippen LogP contribution in [0.15, 0.2) is 30.5 Å². The molecule has 0 radical (unpaired) electrons. The topological polar surface area (TPSA) is 37.8 Å². The van der Waals surface area contributed by atoms with Gasteiger partial charge in [0.25, 0.3) is 0 Å². The van der Waals surface area contributed by atoms with Crippen molar-refractivity contribution in [1.29, 1.82) is 0 Å². The highest BCUT2D eigenvalue weighted by molar-refractivity contribution is 5.81. The number of likely N-dealkylation sites (N-methyl/N-ethyl adjacent to an activating group) is 1. The first-order valence-electron chi connectivity index (χ1n) is 6.71. The van der Waals surface area contributed by atoms with E-state index in [4.69, 9.17) is 0 Å². The summed E-state index contributed by atoms with van der Waals surface area (Å²) in [6, 6.07) is 8.71. The van der Waals surface area contributed by atoms with Crippen LogP contribution >= 0.6 is 0 Å². The summed E-state index contributed by atoms with van der Waals surface area (Å²) in [6.07, 6.45) is 3.03. The van der Waals surface area contributed by atoms with Crippen LogP contribution in [0.25, 0.3) is 10.9 Å². The maximum Gasteiger partial charge on any atom is 0.0932 e. The van der Waals surface area contributed by atoms with Gasteiger partial charge in [-0.3, -0.25) is 0 Å². The third-order valence-corrected chi connectivity index (χ3v) is 3.58. The lowest BCUT2D eigenvalue weighted by molar-refractivity contribution is 0.449. The van der Waals surface area contributed by atoms with Crippen LogP contribution in [0.1, 0.15) is 38.7 Å². The maximum atomic E-state index is 4.19. The molecular weight excluding hydrogens is 222 g/mol. The minimum Gasteiger partial charge on any atom is -0.314 e. The average Bonchev–Trinajstić information content (AvgIpc) is 2.43. The van der Waals surface area contributed by atoms with Crippen molar-refractivity contribution in [2.75, 3.05) is 6.54 Å². The molecule has 0 aliphatic carbocycles. The maximum absolute atomic E-state index is 4.19. The fourth-order valence-electron chi connectivity index (χ4n) is 2.54. The lowest BCUT2D eigenvalue weighted by Crippen LogP contribution is -2.33. The summed E-state index contributed by atoms with van der Waals surface area (Å²) in [7, 11) is 0. The summed E-state index contributed by atoms with van der Waals surface area (Å²) < 4.78 is 0. The zero-order valence-corrected chi connectivity index (χ0v) is 11.4. The first-order chi connectivity index (χ1) is 8.77. The first-order valence-corrected chi connectivity index (χ1v) is 6.71. The molecule has 3 heteroatoms. The van der Waals surface area contributed by atoms with E-state index >= 15 is 0 Å². The van der Waals surface area contributed by atoms with Crippen LogP contribution in [-0.4, -0.2) is 22.8 Å². The molecule has 0 bridgehead atoms. The van der Waals surface area contributed by atoms with E-state index in [-0.39, 0.29) is 0 Å². The molecule has 2 unspecified atom stereocenters. The molecule has 0 aliphatic heterocycles. The minimum atomic E-state index is 0.440. The number of aromatic nitrogens is 2. The second-order valence-electron chi connectivity index (χ2n) is 4.68. The molecule has 18 heavy (non-hydrogen) atoms. The van der Waals surface area contributed by atoms with Gasteiger partial charge in [0.2, 0.25) is 0 Å². The fourth-order valence-corrected chi connectivity index (χ4v) is 2.54. The Morgan fingerprint density at radius 2 is 2.00 bits per heavy atom. The molecule has 0 saturated heterocycles. The highest BCUT2D eigenvalue weighted by Crippen LogP contribution is 2.26. The predicted molar refractivity (Wildman–Crippen MR) is 75.7 cm³/mol. The van der Waals surface area contributed by atoms with Gasteiger partial charge in [-0.05, 0) is 30.5 Å². The Hall–Kier alpha value is -1.48. The number of nitrogens with one attached hydrogen (secondary N) is 1. The molecule has 3 nitrogen and oxygen atoms in total. The number of rotatable bonds is 5. The van der Waals surface area contributed by atoms with Crippen molar-refractivity contribution in [2.24, 2.45) is 0 Å². The Morgan fingerprint density at radius 1 is 1.22 bits per heavy atom. The van der Waals surface area contributed by atoms with E-state index in [9.17, 15) is 0 Å². The highest BCUT2D eigenvalue weighted by Gasteiger charge is 2.18. The molecular formula is C15H21N3. The largest absolute Gasteiger partial charge is 0.314 e. The molecule has 1 N–H and O–H groups in total. The quantitative estimate of drug-likeness (QED) is 0.876. The smallest absolute Gasteiger partial charge is 0.0932 e. The third-order valence-electron chi connectivity index (χ3n) is 3.58. The van der Waals surface area contributed by atoms with Crippen molar-refractivity contribution >= 4 is 10.9 Å². The van der Waals surface area contributed by atoms with Gasteiger partial charge >= 0.3 is 0 Å². The van der Waals surface area contributed by atoms with Gasteiger partial charge in [-0.25, -0.2) is 0 Å². The van der Waals surface area contributed by atoms with E-state index in [0.29, 0.717) is 12.0 Å². The summed E-state index contributed by atoms with van der Waals surface area (Å²) in [5.41, 5.74) is 2.27. The number of fused-ring (bicyclic) bond motifs is 1. The number of hydrogen-bond acceptors (Lipinski definition) is 3. The zero-order chi connectivity index (χ0) is 13.0. The van der Waals surface area contributed by atoms with E-state index < -0.39 is 0 Å². The fraction of sp³-hybridized carbons (Fsp3) is 0.467. The van der Waals surface area contributed by atoms with Crippen molar-refractivity contribution in [3.05, 3.63) is 36.0 Å². The predicted octanol–water partition coefficient (Wildman–Crippen LogP) is 3.12. The zero-order valence-electron chi connectivity index (χ0n) is 11.4. The molecule has 1 heterocycles. The minimum absolute atomic E-state index is 0.440.